The van der Waals surface area contributed by atoms with E-state index >= 15 is 35.1 Å². The average Bonchev–Trinajstić information content (AvgIpc) is 3.34. The molecule has 0 aliphatic carbocycles. The molecule has 1 heterocycles. The molecule has 25 heteroatoms. The molecule has 0 bridgehead atoms. The third kappa shape index (κ3) is 8.15. The molecule has 4 nitrogen and oxygen atoms in total. The Kier molecular flexibility index (Phi) is 14.2. The Balaban J connectivity index is 0.000000273. The molecule has 0 N–H and O–H groups in total. The molecule has 0 amide bonds. The topological polar surface area (TPSA) is 47.2 Å². The summed E-state index contributed by atoms with van der Waals surface area (Å²) in [6, 6.07) is 20.3. The molecule has 7 aromatic rings. The number of ether oxygens (including phenoxy) is 1. The largest absolute Gasteiger partial charge is 0.458 e. The van der Waals surface area contributed by atoms with Crippen molar-refractivity contribution in [1.82, 2.24) is 0 Å². The van der Waals surface area contributed by atoms with Crippen LogP contribution in [0.3, 0.4) is 0 Å². The quantitative estimate of drug-likeness (QED) is 0.0276. The zero-order valence-electron chi connectivity index (χ0n) is 33.6. The highest BCUT2D eigenvalue weighted by molar-refractivity contribution is 7.20. The molecule has 0 spiro atoms. The van der Waals surface area contributed by atoms with Gasteiger partial charge in [-0.1, -0.05) is 42.5 Å². The minimum absolute atomic E-state index is 0.0532. The van der Waals surface area contributed by atoms with Gasteiger partial charge in [0, 0.05) is 23.1 Å². The lowest BCUT2D eigenvalue weighted by atomic mass is 9.12. The number of halogens is 20. The number of carbonyl (C=O) groups excluding carboxylic acids is 2. The van der Waals surface area contributed by atoms with E-state index in [4.69, 9.17) is 4.74 Å². The number of nitrogens with zero attached hydrogens (tertiary/aromatic N) is 1. The molecule has 0 saturated carbocycles. The number of para-hydroxylation sites is 1. The van der Waals surface area contributed by atoms with Gasteiger partial charge >= 0.3 is 5.97 Å². The first-order valence-electron chi connectivity index (χ1n) is 18.8. The number of aromatic nitrogens is 1. The number of ketones is 1. The van der Waals surface area contributed by atoms with Gasteiger partial charge in [0.2, 0.25) is 17.8 Å². The molecular formula is C44H18BF20NO3. The van der Waals surface area contributed by atoms with Crippen molar-refractivity contribution in [2.24, 2.45) is 0 Å². The lowest BCUT2D eigenvalue weighted by molar-refractivity contribution is -0.659. The van der Waals surface area contributed by atoms with Crippen molar-refractivity contribution in [1.29, 1.82) is 0 Å². The van der Waals surface area contributed by atoms with Crippen molar-refractivity contribution in [3.63, 3.8) is 0 Å². The molecule has 0 atom stereocenters. The number of fused-ring (bicyclic) bond motifs is 1. The summed E-state index contributed by atoms with van der Waals surface area (Å²) in [5, 5.41) is 0.964. The highest BCUT2D eigenvalue weighted by Gasteiger charge is 2.52. The van der Waals surface area contributed by atoms with Gasteiger partial charge in [-0.05, 0) is 19.1 Å². The fraction of sp³-hybridized carbons (Fsp3) is 0.0682. The number of pyridine rings is 1. The highest BCUT2D eigenvalue weighted by atomic mass is 19.2. The van der Waals surface area contributed by atoms with Crippen molar-refractivity contribution >= 4 is 50.7 Å². The predicted octanol–water partition coefficient (Wildman–Crippen LogP) is 9.03. The van der Waals surface area contributed by atoms with E-state index in [2.05, 4.69) is 0 Å². The van der Waals surface area contributed by atoms with Gasteiger partial charge in [-0.2, -0.15) is 4.57 Å². The molecule has 0 unspecified atom stereocenters. The van der Waals surface area contributed by atoms with Crippen molar-refractivity contribution in [2.45, 2.75) is 13.5 Å². The summed E-state index contributed by atoms with van der Waals surface area (Å²) in [4.78, 5) is 24.9. The van der Waals surface area contributed by atoms with Crippen molar-refractivity contribution in [3.05, 3.63) is 194 Å². The minimum atomic E-state index is -7.22. The Morgan fingerprint density at radius 3 is 1.04 bits per heavy atom. The van der Waals surface area contributed by atoms with Crippen LogP contribution in [0.15, 0.2) is 66.7 Å². The highest BCUT2D eigenvalue weighted by Crippen LogP contribution is 2.31. The van der Waals surface area contributed by atoms with E-state index in [9.17, 15) is 62.3 Å². The summed E-state index contributed by atoms with van der Waals surface area (Å²) in [6.07, 6.45) is -7.22. The molecule has 1 aromatic heterocycles. The van der Waals surface area contributed by atoms with Gasteiger partial charge in [-0.25, -0.2) is 92.6 Å². The van der Waals surface area contributed by atoms with Gasteiger partial charge in [0.15, 0.2) is 69.8 Å². The van der Waals surface area contributed by atoms with E-state index < -0.39 is 150 Å². The standard InChI is InChI=1S/C24BF20.C20H18NO3/c26-5-1(6(27)14(35)21(42)13(5)34)25(2-7(28)15(36)22(43)16(37)8(2)29,3-9(30)17(38)23(44)18(39)10(3)31)4-11(32)19(40)24(45)20(41)12(4)33;1-2-24-20(23)18-13-12-15-8-6-7-11-17(15)21(18)14-19(22)16-9-4-3-5-10-16/h;3-13H,2,14H2,1H3/q-1;+1. The van der Waals surface area contributed by atoms with E-state index in [-0.39, 0.29) is 18.9 Å². The number of benzene rings is 6. The average molecular weight is 999 g/mol. The Bertz CT molecular complexity index is 2880. The molecule has 7 rings (SSSR count). The maximum absolute atomic E-state index is 15.4. The molecule has 0 saturated heterocycles. The van der Waals surface area contributed by atoms with Gasteiger partial charge < -0.3 is 4.74 Å². The lowest BCUT2D eigenvalue weighted by Gasteiger charge is -2.44. The van der Waals surface area contributed by atoms with Crippen LogP contribution in [0, 0.1) is 116 Å². The predicted molar refractivity (Wildman–Crippen MR) is 200 cm³/mol. The number of hydrogen-bond acceptors (Lipinski definition) is 3. The Morgan fingerprint density at radius 1 is 0.406 bits per heavy atom. The maximum Gasteiger partial charge on any atom is 0.403 e. The summed E-state index contributed by atoms with van der Waals surface area (Å²) in [6.45, 7) is 2.14. The molecule has 69 heavy (non-hydrogen) atoms. The zero-order chi connectivity index (χ0) is 51.3. The third-order valence-corrected chi connectivity index (χ3v) is 10.5. The number of Topliss-reactive ketones (excluding diaryl/α,β-unsaturated/α-hetero) is 1. The molecule has 0 aliphatic rings. The zero-order valence-corrected chi connectivity index (χ0v) is 33.6. The Hall–Kier alpha value is -7.47. The first-order chi connectivity index (χ1) is 32.4. The second-order valence-corrected chi connectivity index (χ2v) is 14.2. The van der Waals surface area contributed by atoms with Crippen LogP contribution in [0.2, 0.25) is 0 Å². The SMILES string of the molecule is CCOC(=O)c1ccc2ccccc2[n+]1CC(=O)c1ccccc1.Fc1c(F)c(F)c([B-](c2c(F)c(F)c(F)c(F)c2F)(c2c(F)c(F)c(F)c(F)c2F)c2c(F)c(F)c(F)c(F)c2F)c(F)c1F. The fourth-order valence-corrected chi connectivity index (χ4v) is 7.55. The summed E-state index contributed by atoms with van der Waals surface area (Å²) in [5.74, 6) is -71.9. The van der Waals surface area contributed by atoms with Gasteiger partial charge in [0.05, 0.1) is 6.61 Å². The molecular weight excluding hydrogens is 981 g/mol. The maximum atomic E-state index is 15.4. The first-order valence-corrected chi connectivity index (χ1v) is 18.8. The van der Waals surface area contributed by atoms with Crippen LogP contribution in [0.4, 0.5) is 87.8 Å². The van der Waals surface area contributed by atoms with Crippen LogP contribution < -0.4 is 26.4 Å². The minimum Gasteiger partial charge on any atom is -0.458 e. The third-order valence-electron chi connectivity index (χ3n) is 10.5. The van der Waals surface area contributed by atoms with Gasteiger partial charge in [0.1, 0.15) is 52.7 Å². The smallest absolute Gasteiger partial charge is 0.403 e. The van der Waals surface area contributed by atoms with E-state index in [0.717, 1.165) is 10.9 Å². The summed E-state index contributed by atoms with van der Waals surface area (Å²) < 4.78 is 301. The summed E-state index contributed by atoms with van der Waals surface area (Å²) in [7, 11) is 0. The molecule has 0 fully saturated rings. The Labute approximate surface area is 371 Å². The van der Waals surface area contributed by atoms with Crippen LogP contribution in [-0.2, 0) is 11.3 Å². The van der Waals surface area contributed by atoms with E-state index in [1.54, 1.807) is 29.7 Å². The van der Waals surface area contributed by atoms with Crippen LogP contribution in [0.25, 0.3) is 10.9 Å². The normalized spacial score (nSPS) is 11.5. The van der Waals surface area contributed by atoms with Gasteiger partial charge in [0.25, 0.3) is 5.69 Å². The number of esters is 1. The van der Waals surface area contributed by atoms with Crippen molar-refractivity contribution in [2.75, 3.05) is 6.61 Å². The van der Waals surface area contributed by atoms with Crippen molar-refractivity contribution in [3.8, 4) is 0 Å². The lowest BCUT2D eigenvalue weighted by Crippen LogP contribution is -2.81. The van der Waals surface area contributed by atoms with E-state index in [1.165, 1.54) is 0 Å². The first kappa shape index (κ1) is 50.9. The summed E-state index contributed by atoms with van der Waals surface area (Å²) >= 11 is 0. The van der Waals surface area contributed by atoms with Crippen LogP contribution in [-0.4, -0.2) is 24.5 Å². The number of carbonyl (C=O) groups is 2. The monoisotopic (exact) mass is 999 g/mol. The second-order valence-electron chi connectivity index (χ2n) is 14.2. The molecule has 6 aromatic carbocycles. The Morgan fingerprint density at radius 2 is 0.710 bits per heavy atom. The van der Waals surface area contributed by atoms with E-state index in [1.807, 2.05) is 48.5 Å². The second kappa shape index (κ2) is 19.3. The summed E-state index contributed by atoms with van der Waals surface area (Å²) in [5.41, 5.74) is -12.5. The van der Waals surface area contributed by atoms with E-state index in [0.29, 0.717) is 11.3 Å². The number of rotatable bonds is 9. The van der Waals surface area contributed by atoms with Crippen LogP contribution in [0.5, 0.6) is 0 Å². The molecule has 0 aliphatic heterocycles. The van der Waals surface area contributed by atoms with Gasteiger partial charge in [-0.15, -0.1) is 21.9 Å². The van der Waals surface area contributed by atoms with Crippen LogP contribution >= 0.6 is 0 Å². The molecule has 0 radical (unpaired) electrons. The van der Waals surface area contributed by atoms with Crippen molar-refractivity contribution < 1.29 is 107 Å². The fourth-order valence-electron chi connectivity index (χ4n) is 7.55. The van der Waals surface area contributed by atoms with Gasteiger partial charge in [-0.3, -0.25) is 4.79 Å². The molecule has 360 valence electrons. The van der Waals surface area contributed by atoms with Crippen LogP contribution in [0.1, 0.15) is 27.8 Å². The number of hydrogen-bond donors (Lipinski definition) is 0.